The molecule has 0 radical (unpaired) electrons. The third kappa shape index (κ3) is 2.53. The zero-order valence-electron chi connectivity index (χ0n) is 14.4. The van der Waals surface area contributed by atoms with E-state index in [0.29, 0.717) is 30.2 Å². The molecule has 0 spiro atoms. The molecule has 0 bridgehead atoms. The number of methoxy groups -OCH3 is 1. The fourth-order valence-electron chi connectivity index (χ4n) is 4.04. The van der Waals surface area contributed by atoms with Crippen molar-refractivity contribution in [2.24, 2.45) is 11.3 Å². The Balaban J connectivity index is 1.70. The summed E-state index contributed by atoms with van der Waals surface area (Å²) in [6.07, 6.45) is 0. The molecule has 0 amide bonds. The van der Waals surface area contributed by atoms with Gasteiger partial charge in [-0.15, -0.1) is 0 Å². The van der Waals surface area contributed by atoms with Crippen molar-refractivity contribution in [3.05, 3.63) is 29.8 Å². The zero-order valence-corrected chi connectivity index (χ0v) is 14.4. The first-order valence-corrected chi connectivity index (χ1v) is 8.52. The Bertz CT molecular complexity index is 819. The molecule has 0 saturated carbocycles. The molecule has 26 heavy (non-hydrogen) atoms. The van der Waals surface area contributed by atoms with Crippen molar-refractivity contribution in [1.29, 1.82) is 0 Å². The summed E-state index contributed by atoms with van der Waals surface area (Å²) in [7, 11) is 1.57. The first kappa shape index (κ1) is 16.9. The Labute approximate surface area is 150 Å². The molecule has 138 valence electrons. The second-order valence-corrected chi connectivity index (χ2v) is 6.97. The summed E-state index contributed by atoms with van der Waals surface area (Å²) >= 11 is 0. The number of ether oxygens (including phenoxy) is 1. The summed E-state index contributed by atoms with van der Waals surface area (Å²) in [5.41, 5.74) is 0.422. The van der Waals surface area contributed by atoms with E-state index in [1.54, 1.807) is 31.4 Å². The maximum atomic E-state index is 11.9. The van der Waals surface area contributed by atoms with Crippen LogP contribution >= 0.6 is 0 Å². The standard InChI is InChI=1S/C18H21N3O5/c1-25-13-4-2-11(3-5-13)15-14(17(23)24)16(20-26-15)21-7-12-6-19-8-18(12,9-21)10-22/h2-5,12,19,22H,6-10H2,1H3,(H,23,24)/t12-,18+/m0/s1. The Morgan fingerprint density at radius 2 is 2.23 bits per heavy atom. The minimum Gasteiger partial charge on any atom is -0.497 e. The number of aromatic nitrogens is 1. The van der Waals surface area contributed by atoms with Crippen molar-refractivity contribution in [2.75, 3.05) is 44.8 Å². The van der Waals surface area contributed by atoms with Crippen LogP contribution in [0.5, 0.6) is 5.75 Å². The van der Waals surface area contributed by atoms with Crippen LogP contribution in [0.2, 0.25) is 0 Å². The third-order valence-corrected chi connectivity index (χ3v) is 5.53. The predicted octanol–water partition coefficient (Wildman–Crippen LogP) is 1.07. The number of carboxylic acid groups (broad SMARTS) is 1. The van der Waals surface area contributed by atoms with E-state index in [1.165, 1.54) is 0 Å². The van der Waals surface area contributed by atoms with Gasteiger partial charge in [0.25, 0.3) is 0 Å². The molecule has 8 heteroatoms. The normalized spacial score (nSPS) is 24.7. The number of aliphatic hydroxyl groups is 1. The number of aliphatic hydroxyl groups excluding tert-OH is 1. The number of carbonyl (C=O) groups is 1. The lowest BCUT2D eigenvalue weighted by Gasteiger charge is -2.25. The van der Waals surface area contributed by atoms with Gasteiger partial charge in [0.2, 0.25) is 0 Å². The minimum atomic E-state index is -1.08. The highest BCUT2D eigenvalue weighted by molar-refractivity contribution is 5.99. The topological polar surface area (TPSA) is 108 Å². The monoisotopic (exact) mass is 359 g/mol. The van der Waals surface area contributed by atoms with E-state index >= 15 is 0 Å². The van der Waals surface area contributed by atoms with Crippen LogP contribution in [-0.4, -0.2) is 61.2 Å². The van der Waals surface area contributed by atoms with E-state index in [-0.39, 0.29) is 29.3 Å². The highest BCUT2D eigenvalue weighted by Gasteiger charge is 2.50. The molecule has 2 saturated heterocycles. The average molecular weight is 359 g/mol. The quantitative estimate of drug-likeness (QED) is 0.727. The van der Waals surface area contributed by atoms with Crippen LogP contribution in [-0.2, 0) is 0 Å². The van der Waals surface area contributed by atoms with Gasteiger partial charge in [-0.05, 0) is 30.2 Å². The number of benzene rings is 1. The van der Waals surface area contributed by atoms with Crippen molar-refractivity contribution in [2.45, 2.75) is 0 Å². The molecule has 0 aliphatic carbocycles. The van der Waals surface area contributed by atoms with Crippen molar-refractivity contribution in [1.82, 2.24) is 10.5 Å². The smallest absolute Gasteiger partial charge is 0.343 e. The molecule has 2 atom stereocenters. The minimum absolute atomic E-state index is 0.0520. The number of fused-ring (bicyclic) bond motifs is 1. The molecule has 8 nitrogen and oxygen atoms in total. The number of aromatic carboxylic acids is 1. The highest BCUT2D eigenvalue weighted by atomic mass is 16.5. The summed E-state index contributed by atoms with van der Waals surface area (Å²) in [5.74, 6) is 0.402. The first-order chi connectivity index (χ1) is 12.6. The number of anilines is 1. The van der Waals surface area contributed by atoms with Gasteiger partial charge in [-0.3, -0.25) is 0 Å². The van der Waals surface area contributed by atoms with Gasteiger partial charge >= 0.3 is 5.97 Å². The molecule has 4 rings (SSSR count). The number of nitrogens with zero attached hydrogens (tertiary/aromatic N) is 2. The van der Waals surface area contributed by atoms with Crippen molar-refractivity contribution in [3.63, 3.8) is 0 Å². The summed E-state index contributed by atoms with van der Waals surface area (Å²) in [6, 6.07) is 6.98. The Kier molecular flexibility index (Phi) is 4.08. The maximum absolute atomic E-state index is 11.9. The second kappa shape index (κ2) is 6.30. The number of hydrogen-bond acceptors (Lipinski definition) is 7. The summed E-state index contributed by atoms with van der Waals surface area (Å²) < 4.78 is 10.6. The molecule has 3 N–H and O–H groups in total. The van der Waals surface area contributed by atoms with Gasteiger partial charge in [0.15, 0.2) is 17.1 Å². The molecule has 3 heterocycles. The largest absolute Gasteiger partial charge is 0.497 e. The van der Waals surface area contributed by atoms with Crippen LogP contribution in [0, 0.1) is 11.3 Å². The van der Waals surface area contributed by atoms with E-state index in [4.69, 9.17) is 9.26 Å². The fraction of sp³-hybridized carbons (Fsp3) is 0.444. The van der Waals surface area contributed by atoms with Crippen molar-refractivity contribution >= 4 is 11.8 Å². The molecular formula is C18H21N3O5. The SMILES string of the molecule is COc1ccc(-c2onc(N3C[C@@H]4CNC[C@]4(CO)C3)c2C(=O)O)cc1. The summed E-state index contributed by atoms with van der Waals surface area (Å²) in [6.45, 7) is 2.78. The average Bonchev–Trinajstić information content (AvgIpc) is 3.33. The summed E-state index contributed by atoms with van der Waals surface area (Å²) in [5, 5.41) is 27.0. The zero-order chi connectivity index (χ0) is 18.3. The van der Waals surface area contributed by atoms with Crippen molar-refractivity contribution < 1.29 is 24.3 Å². The molecule has 1 aromatic heterocycles. The van der Waals surface area contributed by atoms with E-state index in [9.17, 15) is 15.0 Å². The van der Waals surface area contributed by atoms with Crippen LogP contribution in [0.25, 0.3) is 11.3 Å². The number of carboxylic acids is 1. The lowest BCUT2D eigenvalue weighted by atomic mass is 9.82. The Morgan fingerprint density at radius 1 is 1.46 bits per heavy atom. The molecule has 1 aromatic carbocycles. The fourth-order valence-corrected chi connectivity index (χ4v) is 4.04. The number of hydrogen-bond donors (Lipinski definition) is 3. The Hall–Kier alpha value is -2.58. The predicted molar refractivity (Wildman–Crippen MR) is 93.5 cm³/mol. The van der Waals surface area contributed by atoms with Crippen LogP contribution in [0.4, 0.5) is 5.82 Å². The van der Waals surface area contributed by atoms with E-state index in [2.05, 4.69) is 10.5 Å². The first-order valence-electron chi connectivity index (χ1n) is 8.52. The van der Waals surface area contributed by atoms with Gasteiger partial charge in [0.1, 0.15) is 5.75 Å². The molecule has 2 fully saturated rings. The lowest BCUT2D eigenvalue weighted by Crippen LogP contribution is -2.36. The summed E-state index contributed by atoms with van der Waals surface area (Å²) in [4.78, 5) is 13.9. The molecule has 2 aliphatic rings. The van der Waals surface area contributed by atoms with Gasteiger partial charge in [-0.25, -0.2) is 4.79 Å². The van der Waals surface area contributed by atoms with E-state index in [1.807, 2.05) is 4.90 Å². The third-order valence-electron chi connectivity index (χ3n) is 5.53. The number of nitrogens with one attached hydrogen (secondary N) is 1. The lowest BCUT2D eigenvalue weighted by molar-refractivity contribution is 0.0698. The molecule has 2 aliphatic heterocycles. The van der Waals surface area contributed by atoms with Gasteiger partial charge in [0.05, 0.1) is 13.7 Å². The molecule has 2 aromatic rings. The van der Waals surface area contributed by atoms with Crippen LogP contribution in [0.3, 0.4) is 0 Å². The maximum Gasteiger partial charge on any atom is 0.343 e. The highest BCUT2D eigenvalue weighted by Crippen LogP contribution is 2.42. The molecular weight excluding hydrogens is 338 g/mol. The van der Waals surface area contributed by atoms with Gasteiger partial charge in [-0.2, -0.15) is 0 Å². The van der Waals surface area contributed by atoms with Crippen LogP contribution in [0.1, 0.15) is 10.4 Å². The van der Waals surface area contributed by atoms with Crippen LogP contribution < -0.4 is 15.0 Å². The van der Waals surface area contributed by atoms with E-state index in [0.717, 1.165) is 13.1 Å². The second-order valence-electron chi connectivity index (χ2n) is 6.97. The van der Waals surface area contributed by atoms with Crippen molar-refractivity contribution in [3.8, 4) is 17.1 Å². The van der Waals surface area contributed by atoms with E-state index < -0.39 is 5.97 Å². The molecule has 0 unspecified atom stereocenters. The number of rotatable bonds is 5. The Morgan fingerprint density at radius 3 is 2.85 bits per heavy atom. The van der Waals surface area contributed by atoms with Gasteiger partial charge in [0, 0.05) is 37.2 Å². The van der Waals surface area contributed by atoms with Crippen LogP contribution in [0.15, 0.2) is 28.8 Å². The van der Waals surface area contributed by atoms with Gasteiger partial charge in [-0.1, -0.05) is 5.16 Å². The van der Waals surface area contributed by atoms with Gasteiger partial charge < -0.3 is 29.7 Å².